The van der Waals surface area contributed by atoms with Crippen LogP contribution in [0.25, 0.3) is 5.69 Å². The highest BCUT2D eigenvalue weighted by atomic mass is 35.5. The molecule has 1 fully saturated rings. The molecular weight excluding hydrogens is 491 g/mol. The minimum atomic E-state index is -3.68. The van der Waals surface area contributed by atoms with Crippen LogP contribution in [0.3, 0.4) is 0 Å². The van der Waals surface area contributed by atoms with Crippen molar-refractivity contribution >= 4 is 27.3 Å². The zero-order valence-corrected chi connectivity index (χ0v) is 21.4. The van der Waals surface area contributed by atoms with E-state index >= 15 is 0 Å². The second kappa shape index (κ2) is 9.70. The highest BCUT2D eigenvalue weighted by Crippen LogP contribution is 2.44. The summed E-state index contributed by atoms with van der Waals surface area (Å²) in [6, 6.07) is 9.99. The number of halogens is 2. The second-order valence-corrected chi connectivity index (χ2v) is 11.8. The zero-order chi connectivity index (χ0) is 25.4. The van der Waals surface area contributed by atoms with Crippen molar-refractivity contribution in [3.8, 4) is 5.69 Å². The van der Waals surface area contributed by atoms with Gasteiger partial charge in [-0.15, -0.1) is 0 Å². The lowest BCUT2D eigenvalue weighted by molar-refractivity contribution is -0.129. The van der Waals surface area contributed by atoms with Crippen molar-refractivity contribution in [2.45, 2.75) is 62.9 Å². The fourth-order valence-corrected chi connectivity index (χ4v) is 7.00. The zero-order valence-electron chi connectivity index (χ0n) is 19.8. The number of aryl methyl sites for hydroxylation is 1. The molecule has 2 heterocycles. The van der Waals surface area contributed by atoms with E-state index in [-0.39, 0.29) is 22.5 Å². The number of hydrogen-bond donors (Lipinski definition) is 1. The molecule has 186 valence electrons. The first kappa shape index (κ1) is 25.3. The van der Waals surface area contributed by atoms with Crippen molar-refractivity contribution in [2.75, 3.05) is 0 Å². The lowest BCUT2D eigenvalue weighted by Crippen LogP contribution is -2.46. The molecular formula is C25H28ClFN4O3S. The van der Waals surface area contributed by atoms with E-state index in [0.29, 0.717) is 36.2 Å². The number of amides is 1. The molecule has 10 heteroatoms. The van der Waals surface area contributed by atoms with E-state index in [4.69, 9.17) is 11.6 Å². The molecule has 0 bridgehead atoms. The first-order valence-corrected chi connectivity index (χ1v) is 13.4. The van der Waals surface area contributed by atoms with E-state index < -0.39 is 26.7 Å². The standard InChI is InChI=1S/C25H28ClFN4O3S/c1-16-6-9-20(10-7-16)35(33,34)22-5-4-12-25(22,3)24(32)29-13-18-15-31(30-23(18)26)19-8-11-21(17(2)27)28-14-19/h6-11,14-15,17,22H,4-5,12-13H2,1-3H3,(H,29,32). The van der Waals surface area contributed by atoms with Crippen molar-refractivity contribution in [3.63, 3.8) is 0 Å². The van der Waals surface area contributed by atoms with Crippen molar-refractivity contribution in [1.29, 1.82) is 0 Å². The van der Waals surface area contributed by atoms with Crippen LogP contribution in [0.4, 0.5) is 4.39 Å². The first-order chi connectivity index (χ1) is 16.5. The summed E-state index contributed by atoms with van der Waals surface area (Å²) in [5.74, 6) is -0.331. The van der Waals surface area contributed by atoms with Gasteiger partial charge in [0.1, 0.15) is 6.17 Å². The SMILES string of the molecule is Cc1ccc(S(=O)(=O)C2CCCC2(C)C(=O)NCc2cn(-c3ccc(C(C)F)nc3)nc2Cl)cc1. The van der Waals surface area contributed by atoms with Crippen LogP contribution in [-0.4, -0.2) is 34.3 Å². The van der Waals surface area contributed by atoms with Gasteiger partial charge in [-0.05, 0) is 57.9 Å². The molecule has 1 aliphatic carbocycles. The first-order valence-electron chi connectivity index (χ1n) is 11.5. The third-order valence-electron chi connectivity index (χ3n) is 6.74. The molecule has 0 radical (unpaired) electrons. The summed E-state index contributed by atoms with van der Waals surface area (Å²) >= 11 is 6.29. The number of aromatic nitrogens is 3. The third kappa shape index (κ3) is 4.97. The number of carbonyl (C=O) groups excluding carboxylic acids is 1. The Hall–Kier alpha value is -2.78. The van der Waals surface area contributed by atoms with E-state index in [1.807, 2.05) is 6.92 Å². The van der Waals surface area contributed by atoms with E-state index in [2.05, 4.69) is 15.4 Å². The molecule has 0 spiro atoms. The molecule has 1 aliphatic rings. The highest BCUT2D eigenvalue weighted by Gasteiger charge is 2.51. The molecule has 3 unspecified atom stereocenters. The Bertz CT molecular complexity index is 1320. The smallest absolute Gasteiger partial charge is 0.227 e. The molecule has 1 aromatic carbocycles. The predicted molar refractivity (Wildman–Crippen MR) is 132 cm³/mol. The van der Waals surface area contributed by atoms with Gasteiger partial charge in [0, 0.05) is 18.3 Å². The Labute approximate surface area is 209 Å². The molecule has 3 aromatic rings. The van der Waals surface area contributed by atoms with Crippen LogP contribution in [0.2, 0.25) is 5.15 Å². The second-order valence-electron chi connectivity index (χ2n) is 9.29. The maximum Gasteiger partial charge on any atom is 0.227 e. The van der Waals surface area contributed by atoms with E-state index in [9.17, 15) is 17.6 Å². The number of nitrogens with one attached hydrogen (secondary N) is 1. The number of nitrogens with zero attached hydrogens (tertiary/aromatic N) is 3. The van der Waals surface area contributed by atoms with Crippen LogP contribution < -0.4 is 5.32 Å². The van der Waals surface area contributed by atoms with Gasteiger partial charge >= 0.3 is 0 Å². The van der Waals surface area contributed by atoms with Crippen LogP contribution >= 0.6 is 11.6 Å². The van der Waals surface area contributed by atoms with Gasteiger partial charge in [0.25, 0.3) is 0 Å². The fourth-order valence-electron chi connectivity index (χ4n) is 4.57. The number of pyridine rings is 1. The normalized spacial score (nSPS) is 21.1. The summed E-state index contributed by atoms with van der Waals surface area (Å²) in [7, 11) is -3.68. The van der Waals surface area contributed by atoms with Gasteiger partial charge < -0.3 is 5.32 Å². The summed E-state index contributed by atoms with van der Waals surface area (Å²) in [6.07, 6.45) is 3.55. The Morgan fingerprint density at radius 2 is 2.00 bits per heavy atom. The summed E-state index contributed by atoms with van der Waals surface area (Å²) in [5.41, 5.74) is 1.40. The van der Waals surface area contributed by atoms with Gasteiger partial charge in [-0.3, -0.25) is 9.78 Å². The quantitative estimate of drug-likeness (QED) is 0.479. The van der Waals surface area contributed by atoms with Crippen LogP contribution in [0.1, 0.15) is 56.1 Å². The van der Waals surface area contributed by atoms with E-state index in [0.717, 1.165) is 5.56 Å². The molecule has 35 heavy (non-hydrogen) atoms. The van der Waals surface area contributed by atoms with Gasteiger partial charge in [0.15, 0.2) is 15.0 Å². The van der Waals surface area contributed by atoms with E-state index in [1.165, 1.54) is 17.8 Å². The topological polar surface area (TPSA) is 94.0 Å². The largest absolute Gasteiger partial charge is 0.351 e. The fraction of sp³-hybridized carbons (Fsp3) is 0.400. The maximum atomic E-state index is 13.4. The molecule has 7 nitrogen and oxygen atoms in total. The number of rotatable bonds is 7. The van der Waals surface area contributed by atoms with Crippen LogP contribution in [0, 0.1) is 12.3 Å². The van der Waals surface area contributed by atoms with Gasteiger partial charge in [0.05, 0.1) is 33.1 Å². The van der Waals surface area contributed by atoms with Gasteiger partial charge in [0.2, 0.25) is 5.91 Å². The van der Waals surface area contributed by atoms with Crippen LogP contribution in [-0.2, 0) is 21.2 Å². The molecule has 1 saturated carbocycles. The molecule has 0 saturated heterocycles. The summed E-state index contributed by atoms with van der Waals surface area (Å²) in [4.78, 5) is 17.6. The average Bonchev–Trinajstić information content (AvgIpc) is 3.41. The molecule has 1 amide bonds. The highest BCUT2D eigenvalue weighted by molar-refractivity contribution is 7.92. The number of benzene rings is 1. The monoisotopic (exact) mass is 518 g/mol. The Balaban J connectivity index is 1.49. The molecule has 2 aromatic heterocycles. The Kier molecular flexibility index (Phi) is 7.02. The van der Waals surface area contributed by atoms with Crippen molar-refractivity contribution in [3.05, 3.63) is 70.8 Å². The van der Waals surface area contributed by atoms with Gasteiger partial charge in [-0.1, -0.05) is 35.7 Å². The van der Waals surface area contributed by atoms with Gasteiger partial charge in [-0.25, -0.2) is 17.5 Å². The summed E-state index contributed by atoms with van der Waals surface area (Å²) in [5, 5.41) is 6.51. The lowest BCUT2D eigenvalue weighted by atomic mass is 9.87. The Morgan fingerprint density at radius 1 is 1.29 bits per heavy atom. The summed E-state index contributed by atoms with van der Waals surface area (Å²) < 4.78 is 41.7. The molecule has 4 rings (SSSR count). The average molecular weight is 519 g/mol. The van der Waals surface area contributed by atoms with Crippen molar-refractivity contribution in [2.24, 2.45) is 5.41 Å². The summed E-state index contributed by atoms with van der Waals surface area (Å²) in [6.45, 7) is 5.12. The van der Waals surface area contributed by atoms with Crippen LogP contribution in [0.15, 0.2) is 53.7 Å². The van der Waals surface area contributed by atoms with Crippen molar-refractivity contribution in [1.82, 2.24) is 20.1 Å². The minimum Gasteiger partial charge on any atom is -0.351 e. The third-order valence-corrected chi connectivity index (χ3v) is 9.49. The number of alkyl halides is 1. The molecule has 0 aliphatic heterocycles. The Morgan fingerprint density at radius 3 is 2.63 bits per heavy atom. The number of hydrogen-bond acceptors (Lipinski definition) is 5. The van der Waals surface area contributed by atoms with Crippen LogP contribution in [0.5, 0.6) is 0 Å². The lowest BCUT2D eigenvalue weighted by Gasteiger charge is -2.30. The molecule has 1 N–H and O–H groups in total. The molecule has 3 atom stereocenters. The number of carbonyl (C=O) groups is 1. The number of sulfone groups is 1. The minimum absolute atomic E-state index is 0.0948. The maximum absolute atomic E-state index is 13.4. The van der Waals surface area contributed by atoms with Gasteiger partial charge in [-0.2, -0.15) is 5.10 Å². The van der Waals surface area contributed by atoms with Crippen molar-refractivity contribution < 1.29 is 17.6 Å². The predicted octanol–water partition coefficient (Wildman–Crippen LogP) is 4.91. The van der Waals surface area contributed by atoms with E-state index in [1.54, 1.807) is 49.5 Å².